The van der Waals surface area contributed by atoms with Crippen molar-refractivity contribution in [3.05, 3.63) is 19.2 Å². The molecule has 1 aromatic rings. The summed E-state index contributed by atoms with van der Waals surface area (Å²) in [5.41, 5.74) is 0.711. The molecule has 0 fully saturated rings. The van der Waals surface area contributed by atoms with E-state index in [4.69, 9.17) is 11.6 Å². The van der Waals surface area contributed by atoms with E-state index in [1.165, 1.54) is 11.3 Å². The van der Waals surface area contributed by atoms with Crippen molar-refractivity contribution in [3.8, 4) is 0 Å². The molecule has 0 aromatic carbocycles. The molecule has 6 heteroatoms. The van der Waals surface area contributed by atoms with Gasteiger partial charge < -0.3 is 4.90 Å². The number of alkyl halides is 1. The lowest BCUT2D eigenvalue weighted by Crippen LogP contribution is -2.33. The number of carbonyl (C=O) groups excluding carboxylic acids is 1. The van der Waals surface area contributed by atoms with E-state index in [0.717, 1.165) is 27.0 Å². The highest BCUT2D eigenvalue weighted by atomic mass is 79.9. The fourth-order valence-corrected chi connectivity index (χ4v) is 4.40. The van der Waals surface area contributed by atoms with Crippen LogP contribution in [-0.4, -0.2) is 29.8 Å². The summed E-state index contributed by atoms with van der Waals surface area (Å²) in [5, 5.41) is 0. The molecular weight excluding hydrogens is 389 g/mol. The predicted molar refractivity (Wildman–Crippen MR) is 81.3 cm³/mol. The minimum absolute atomic E-state index is 0.0490. The van der Waals surface area contributed by atoms with Gasteiger partial charge in [-0.25, -0.2) is 0 Å². The van der Waals surface area contributed by atoms with Gasteiger partial charge in [-0.1, -0.05) is 13.3 Å². The zero-order valence-corrected chi connectivity index (χ0v) is 14.3. The number of carbonyl (C=O) groups is 1. The second kappa shape index (κ2) is 7.77. The molecular formula is C11H14Br2ClNOS. The predicted octanol–water partition coefficient (Wildman–Crippen LogP) is 4.75. The average Bonchev–Trinajstić information content (AvgIpc) is 2.63. The van der Waals surface area contributed by atoms with Crippen molar-refractivity contribution >= 4 is 60.7 Å². The van der Waals surface area contributed by atoms with E-state index < -0.39 is 0 Å². The van der Waals surface area contributed by atoms with E-state index in [1.807, 2.05) is 11.0 Å². The van der Waals surface area contributed by atoms with Gasteiger partial charge in [0.05, 0.1) is 13.1 Å². The maximum absolute atomic E-state index is 12.3. The van der Waals surface area contributed by atoms with Crippen LogP contribution in [0.4, 0.5) is 0 Å². The first-order chi connectivity index (χ1) is 8.10. The molecule has 0 saturated heterocycles. The highest BCUT2D eigenvalue weighted by Gasteiger charge is 2.19. The van der Waals surface area contributed by atoms with Gasteiger partial charge in [0.25, 0.3) is 5.91 Å². The molecule has 0 spiro atoms. The third kappa shape index (κ3) is 4.54. The van der Waals surface area contributed by atoms with Crippen LogP contribution >= 0.6 is 54.8 Å². The Kier molecular flexibility index (Phi) is 7.07. The van der Waals surface area contributed by atoms with Crippen molar-refractivity contribution in [2.45, 2.75) is 19.8 Å². The normalized spacial score (nSPS) is 10.6. The van der Waals surface area contributed by atoms with Gasteiger partial charge in [0.1, 0.15) is 0 Å². The largest absolute Gasteiger partial charge is 0.337 e. The summed E-state index contributed by atoms with van der Waals surface area (Å²) in [4.78, 5) is 14.1. The van der Waals surface area contributed by atoms with Crippen LogP contribution in [0.3, 0.4) is 0 Å². The summed E-state index contributed by atoms with van der Waals surface area (Å²) < 4.78 is 1.82. The fourth-order valence-electron chi connectivity index (χ4n) is 1.42. The number of hydrogen-bond acceptors (Lipinski definition) is 2. The van der Waals surface area contributed by atoms with Gasteiger partial charge in [0.2, 0.25) is 0 Å². The standard InChI is InChI=1S/C11H14Br2ClNOS/c1-2-3-5-15(6-4-14)11(16)8-7-9(12)17-10(8)13/h7H,2-6H2,1H3. The number of halogens is 3. The second-order valence-corrected chi connectivity index (χ2v) is 7.70. The fraction of sp³-hybridized carbons (Fsp3) is 0.545. The van der Waals surface area contributed by atoms with E-state index in [-0.39, 0.29) is 5.91 Å². The molecule has 0 saturated carbocycles. The number of rotatable bonds is 6. The van der Waals surface area contributed by atoms with Crippen LogP contribution in [0.5, 0.6) is 0 Å². The van der Waals surface area contributed by atoms with E-state index in [1.54, 1.807) is 0 Å². The molecule has 0 aliphatic rings. The van der Waals surface area contributed by atoms with Crippen LogP contribution in [0.15, 0.2) is 13.6 Å². The summed E-state index contributed by atoms with van der Waals surface area (Å²) in [6.45, 7) is 3.47. The van der Waals surface area contributed by atoms with Crippen LogP contribution in [0, 0.1) is 0 Å². The van der Waals surface area contributed by atoms with Crippen molar-refractivity contribution in [2.75, 3.05) is 19.0 Å². The van der Waals surface area contributed by atoms with E-state index in [9.17, 15) is 4.79 Å². The third-order valence-electron chi connectivity index (χ3n) is 2.31. The van der Waals surface area contributed by atoms with E-state index in [0.29, 0.717) is 18.0 Å². The van der Waals surface area contributed by atoms with Gasteiger partial charge in [-0.3, -0.25) is 4.79 Å². The molecule has 96 valence electrons. The Hall–Kier alpha value is 0.420. The molecule has 1 aromatic heterocycles. The summed E-state index contributed by atoms with van der Waals surface area (Å²) >= 11 is 14.0. The molecule has 0 aliphatic carbocycles. The molecule has 0 N–H and O–H groups in total. The lowest BCUT2D eigenvalue weighted by Gasteiger charge is -2.21. The number of nitrogens with zero attached hydrogens (tertiary/aromatic N) is 1. The van der Waals surface area contributed by atoms with Crippen LogP contribution in [0.1, 0.15) is 30.1 Å². The van der Waals surface area contributed by atoms with E-state index >= 15 is 0 Å². The first-order valence-electron chi connectivity index (χ1n) is 5.40. The Bertz CT molecular complexity index is 384. The Labute approximate surface area is 128 Å². The van der Waals surface area contributed by atoms with Crippen molar-refractivity contribution in [3.63, 3.8) is 0 Å². The lowest BCUT2D eigenvalue weighted by atomic mass is 10.2. The Morgan fingerprint density at radius 3 is 2.65 bits per heavy atom. The number of hydrogen-bond donors (Lipinski definition) is 0. The number of amides is 1. The van der Waals surface area contributed by atoms with Gasteiger partial charge in [-0.2, -0.15) is 0 Å². The molecule has 0 bridgehead atoms. The first-order valence-corrected chi connectivity index (χ1v) is 8.34. The monoisotopic (exact) mass is 401 g/mol. The van der Waals surface area contributed by atoms with Crippen molar-refractivity contribution < 1.29 is 4.79 Å². The summed E-state index contributed by atoms with van der Waals surface area (Å²) in [7, 11) is 0. The van der Waals surface area contributed by atoms with Gasteiger partial charge >= 0.3 is 0 Å². The summed E-state index contributed by atoms with van der Waals surface area (Å²) in [6.07, 6.45) is 2.08. The van der Waals surface area contributed by atoms with Crippen molar-refractivity contribution in [1.29, 1.82) is 0 Å². The second-order valence-electron chi connectivity index (χ2n) is 3.57. The van der Waals surface area contributed by atoms with Gasteiger partial charge in [0, 0.05) is 19.0 Å². The van der Waals surface area contributed by atoms with Gasteiger partial charge in [0.15, 0.2) is 0 Å². The maximum atomic E-state index is 12.3. The molecule has 1 amide bonds. The Morgan fingerprint density at radius 1 is 1.47 bits per heavy atom. The van der Waals surface area contributed by atoms with Crippen LogP contribution in [0.2, 0.25) is 0 Å². The van der Waals surface area contributed by atoms with Crippen molar-refractivity contribution in [1.82, 2.24) is 4.90 Å². The quantitative estimate of drug-likeness (QED) is 0.628. The number of thiophene rings is 1. The highest BCUT2D eigenvalue weighted by molar-refractivity contribution is 9.12. The van der Waals surface area contributed by atoms with Crippen LogP contribution in [-0.2, 0) is 0 Å². The molecule has 17 heavy (non-hydrogen) atoms. The molecule has 0 unspecified atom stereocenters. The minimum Gasteiger partial charge on any atom is -0.337 e. The zero-order valence-electron chi connectivity index (χ0n) is 9.51. The van der Waals surface area contributed by atoms with Crippen LogP contribution in [0.25, 0.3) is 0 Å². The highest BCUT2D eigenvalue weighted by Crippen LogP contribution is 2.32. The van der Waals surface area contributed by atoms with Gasteiger partial charge in [-0.15, -0.1) is 22.9 Å². The smallest absolute Gasteiger partial charge is 0.255 e. The maximum Gasteiger partial charge on any atom is 0.255 e. The molecule has 0 radical (unpaired) electrons. The Morgan fingerprint density at radius 2 is 2.18 bits per heavy atom. The Balaban J connectivity index is 2.79. The summed E-state index contributed by atoms with van der Waals surface area (Å²) in [5.74, 6) is 0.520. The third-order valence-corrected chi connectivity index (χ3v) is 4.82. The SMILES string of the molecule is CCCCN(CCCl)C(=O)c1cc(Br)sc1Br. The molecule has 0 aliphatic heterocycles. The number of unbranched alkanes of at least 4 members (excludes halogenated alkanes) is 1. The van der Waals surface area contributed by atoms with Gasteiger partial charge in [-0.05, 0) is 44.3 Å². The zero-order chi connectivity index (χ0) is 12.8. The lowest BCUT2D eigenvalue weighted by molar-refractivity contribution is 0.0763. The van der Waals surface area contributed by atoms with Crippen molar-refractivity contribution in [2.24, 2.45) is 0 Å². The molecule has 1 heterocycles. The molecule has 0 atom stereocenters. The topological polar surface area (TPSA) is 20.3 Å². The first kappa shape index (κ1) is 15.5. The minimum atomic E-state index is 0.0490. The molecule has 1 rings (SSSR count). The van der Waals surface area contributed by atoms with Crippen LogP contribution < -0.4 is 0 Å². The molecule has 2 nitrogen and oxygen atoms in total. The summed E-state index contributed by atoms with van der Waals surface area (Å²) in [6, 6.07) is 1.85. The van der Waals surface area contributed by atoms with E-state index in [2.05, 4.69) is 38.8 Å². The average molecular weight is 404 g/mol.